The van der Waals surface area contributed by atoms with Gasteiger partial charge in [-0.3, -0.25) is 0 Å². The molecule has 1 atom stereocenters. The van der Waals surface area contributed by atoms with E-state index in [9.17, 15) is 22.3 Å². The molecule has 1 aliphatic rings. The van der Waals surface area contributed by atoms with Gasteiger partial charge in [0.25, 0.3) is 0 Å². The second-order valence-corrected chi connectivity index (χ2v) is 8.78. The molecule has 0 radical (unpaired) electrons. The van der Waals surface area contributed by atoms with Gasteiger partial charge in [0.1, 0.15) is 17.6 Å². The highest BCUT2D eigenvalue weighted by Gasteiger charge is 2.32. The summed E-state index contributed by atoms with van der Waals surface area (Å²) >= 11 is 0. The van der Waals surface area contributed by atoms with Crippen LogP contribution < -0.4 is 19.3 Å². The van der Waals surface area contributed by atoms with E-state index in [0.29, 0.717) is 28.0 Å². The van der Waals surface area contributed by atoms with Crippen LogP contribution in [0.25, 0.3) is 11.1 Å². The number of aromatic hydroxyl groups is 1. The van der Waals surface area contributed by atoms with Crippen molar-refractivity contribution in [1.29, 1.82) is 0 Å². The summed E-state index contributed by atoms with van der Waals surface area (Å²) in [5.41, 5.74) is 2.16. The Morgan fingerprint density at radius 3 is 2.62 bits per heavy atom. The van der Waals surface area contributed by atoms with Gasteiger partial charge in [-0.2, -0.15) is 8.78 Å². The molecule has 0 bridgehead atoms. The third kappa shape index (κ3) is 4.32. The number of hydrogen-bond donors (Lipinski definition) is 2. The summed E-state index contributed by atoms with van der Waals surface area (Å²) in [6.45, 7) is -3.17. The zero-order valence-electron chi connectivity index (χ0n) is 16.8. The van der Waals surface area contributed by atoms with Crippen molar-refractivity contribution in [2.45, 2.75) is 18.5 Å². The number of benzene rings is 3. The molecule has 0 fully saturated rings. The molecule has 168 valence electrons. The van der Waals surface area contributed by atoms with E-state index in [1.165, 1.54) is 25.3 Å². The number of ether oxygens (including phenoxy) is 3. The van der Waals surface area contributed by atoms with Crippen molar-refractivity contribution >= 4 is 10.0 Å². The first-order valence-corrected chi connectivity index (χ1v) is 11.1. The SMILES string of the molecule is COc1cccc(C2Oc3ccc(O)c(OC(F)F)c3-c3ccc(CS(N)(=O)=O)cc32)c1. The highest BCUT2D eigenvalue weighted by atomic mass is 32.2. The average Bonchev–Trinajstić information content (AvgIpc) is 2.73. The van der Waals surface area contributed by atoms with E-state index in [0.717, 1.165) is 0 Å². The van der Waals surface area contributed by atoms with Gasteiger partial charge in [-0.05, 0) is 35.4 Å². The minimum absolute atomic E-state index is 0.140. The predicted octanol–water partition coefficient (Wildman–Crippen LogP) is 3.94. The molecule has 3 aromatic rings. The predicted molar refractivity (Wildman–Crippen MR) is 112 cm³/mol. The second kappa shape index (κ2) is 8.29. The highest BCUT2D eigenvalue weighted by Crippen LogP contribution is 2.52. The van der Waals surface area contributed by atoms with Gasteiger partial charge in [0.05, 0.1) is 18.4 Å². The molecule has 1 aliphatic heterocycles. The van der Waals surface area contributed by atoms with Gasteiger partial charge in [-0.25, -0.2) is 13.6 Å². The maximum absolute atomic E-state index is 13.1. The normalized spacial score (nSPS) is 15.0. The third-order valence-electron chi connectivity index (χ3n) is 4.98. The lowest BCUT2D eigenvalue weighted by atomic mass is 9.88. The summed E-state index contributed by atoms with van der Waals surface area (Å²) in [6.07, 6.45) is -0.711. The standard InChI is InChI=1S/C22H19F2NO6S/c1-29-14-4-2-3-13(10-14)20-16-9-12(11-32(25,27)28)5-6-15(16)19-18(30-20)8-7-17(26)21(19)31-22(23)24/h2-10,20,22,26H,11H2,1H3,(H2,25,27,28). The molecule has 4 rings (SSSR count). The van der Waals surface area contributed by atoms with Crippen molar-refractivity contribution in [3.05, 3.63) is 71.3 Å². The van der Waals surface area contributed by atoms with Crippen LogP contribution in [0, 0.1) is 0 Å². The van der Waals surface area contributed by atoms with Crippen molar-refractivity contribution in [3.63, 3.8) is 0 Å². The number of fused-ring (bicyclic) bond motifs is 3. The zero-order valence-corrected chi connectivity index (χ0v) is 17.6. The lowest BCUT2D eigenvalue weighted by Crippen LogP contribution is -2.18. The number of methoxy groups -OCH3 is 1. The summed E-state index contributed by atoms with van der Waals surface area (Å²) in [5, 5.41) is 15.4. The Morgan fingerprint density at radius 2 is 1.94 bits per heavy atom. The van der Waals surface area contributed by atoms with E-state index in [2.05, 4.69) is 4.74 Å². The second-order valence-electron chi connectivity index (χ2n) is 7.17. The van der Waals surface area contributed by atoms with Crippen LogP contribution in [0.3, 0.4) is 0 Å². The third-order valence-corrected chi connectivity index (χ3v) is 5.72. The van der Waals surface area contributed by atoms with Gasteiger partial charge in [0.2, 0.25) is 10.0 Å². The Hall–Kier alpha value is -3.37. The molecule has 0 saturated carbocycles. The quantitative estimate of drug-likeness (QED) is 0.573. The lowest BCUT2D eigenvalue weighted by molar-refractivity contribution is -0.0510. The molecule has 7 nitrogen and oxygen atoms in total. The monoisotopic (exact) mass is 463 g/mol. The van der Waals surface area contributed by atoms with E-state index in [1.54, 1.807) is 36.4 Å². The Balaban J connectivity index is 1.94. The van der Waals surface area contributed by atoms with Crippen LogP contribution in [0.4, 0.5) is 8.78 Å². The van der Waals surface area contributed by atoms with Gasteiger partial charge in [0.15, 0.2) is 11.5 Å². The topological polar surface area (TPSA) is 108 Å². The first kappa shape index (κ1) is 21.8. The fourth-order valence-corrected chi connectivity index (χ4v) is 4.38. The largest absolute Gasteiger partial charge is 0.504 e. The fraction of sp³-hybridized carbons (Fsp3) is 0.182. The summed E-state index contributed by atoms with van der Waals surface area (Å²) in [4.78, 5) is 0. The van der Waals surface area contributed by atoms with Crippen molar-refractivity contribution in [3.8, 4) is 34.1 Å². The molecule has 0 saturated heterocycles. The smallest absolute Gasteiger partial charge is 0.387 e. The first-order chi connectivity index (χ1) is 15.2. The Morgan fingerprint density at radius 1 is 1.16 bits per heavy atom. The zero-order chi connectivity index (χ0) is 23.0. The van der Waals surface area contributed by atoms with Gasteiger partial charge in [0, 0.05) is 11.1 Å². The molecular weight excluding hydrogens is 444 g/mol. The minimum atomic E-state index is -3.81. The van der Waals surface area contributed by atoms with Crippen LogP contribution in [0.15, 0.2) is 54.6 Å². The number of primary sulfonamides is 1. The average molecular weight is 463 g/mol. The Kier molecular flexibility index (Phi) is 5.66. The van der Waals surface area contributed by atoms with Crippen molar-refractivity contribution in [1.82, 2.24) is 0 Å². The van der Waals surface area contributed by atoms with E-state index in [-0.39, 0.29) is 11.3 Å². The maximum Gasteiger partial charge on any atom is 0.387 e. The summed E-state index contributed by atoms with van der Waals surface area (Å²) < 4.78 is 65.3. The number of phenols is 1. The van der Waals surface area contributed by atoms with Gasteiger partial charge in [-0.1, -0.05) is 30.3 Å². The number of halogens is 2. The number of hydrogen-bond acceptors (Lipinski definition) is 6. The maximum atomic E-state index is 13.1. The number of nitrogens with two attached hydrogens (primary N) is 1. The summed E-state index contributed by atoms with van der Waals surface area (Å²) in [6, 6.07) is 14.4. The lowest BCUT2D eigenvalue weighted by Gasteiger charge is -2.31. The molecule has 32 heavy (non-hydrogen) atoms. The summed E-state index contributed by atoms with van der Waals surface area (Å²) in [7, 11) is -2.29. The molecular formula is C22H19F2NO6S. The number of alkyl halides is 2. The van der Waals surface area contributed by atoms with E-state index in [4.69, 9.17) is 14.6 Å². The molecule has 10 heteroatoms. The fourth-order valence-electron chi connectivity index (χ4n) is 3.74. The molecule has 3 aromatic carbocycles. The van der Waals surface area contributed by atoms with Crippen molar-refractivity contribution < 1.29 is 36.5 Å². The molecule has 0 aromatic heterocycles. The number of rotatable bonds is 6. The van der Waals surface area contributed by atoms with Crippen LogP contribution in [-0.4, -0.2) is 27.2 Å². The van der Waals surface area contributed by atoms with Gasteiger partial charge < -0.3 is 19.3 Å². The van der Waals surface area contributed by atoms with Crippen LogP contribution in [0.1, 0.15) is 22.8 Å². The van der Waals surface area contributed by atoms with Crippen molar-refractivity contribution in [2.24, 2.45) is 5.14 Å². The van der Waals surface area contributed by atoms with E-state index in [1.807, 2.05) is 0 Å². The molecule has 0 spiro atoms. The minimum Gasteiger partial charge on any atom is -0.504 e. The molecule has 3 N–H and O–H groups in total. The number of sulfonamides is 1. The van der Waals surface area contributed by atoms with Crippen LogP contribution in [-0.2, 0) is 15.8 Å². The summed E-state index contributed by atoms with van der Waals surface area (Å²) in [5.74, 6) is -0.531. The Bertz CT molecular complexity index is 1280. The highest BCUT2D eigenvalue weighted by molar-refractivity contribution is 7.88. The van der Waals surface area contributed by atoms with Gasteiger partial charge in [-0.15, -0.1) is 0 Å². The molecule has 1 heterocycles. The van der Waals surface area contributed by atoms with Crippen LogP contribution in [0.5, 0.6) is 23.0 Å². The number of phenolic OH excluding ortho intramolecular Hbond substituents is 1. The van der Waals surface area contributed by atoms with Crippen LogP contribution in [0.2, 0.25) is 0 Å². The van der Waals surface area contributed by atoms with E-state index >= 15 is 0 Å². The van der Waals surface area contributed by atoms with Crippen molar-refractivity contribution in [2.75, 3.05) is 7.11 Å². The van der Waals surface area contributed by atoms with Gasteiger partial charge >= 0.3 is 6.61 Å². The molecule has 0 amide bonds. The first-order valence-electron chi connectivity index (χ1n) is 9.41. The Labute approximate surface area is 183 Å². The molecule has 0 aliphatic carbocycles. The van der Waals surface area contributed by atoms with Crippen LogP contribution >= 0.6 is 0 Å². The molecule has 1 unspecified atom stereocenters. The van der Waals surface area contributed by atoms with E-state index < -0.39 is 40.0 Å².